The Morgan fingerprint density at radius 1 is 1.00 bits per heavy atom. The van der Waals surface area contributed by atoms with Crippen LogP contribution >= 0.6 is 0 Å². The highest BCUT2D eigenvalue weighted by Gasteiger charge is 2.25. The number of carbonyl (C=O) groups excluding carboxylic acids is 1. The van der Waals surface area contributed by atoms with E-state index >= 15 is 0 Å². The number of benzene rings is 2. The van der Waals surface area contributed by atoms with Crippen LogP contribution in [0.1, 0.15) is 28.9 Å². The molecule has 3 rings (SSSR count). The number of hydrogen-bond acceptors (Lipinski definition) is 6. The zero-order valence-electron chi connectivity index (χ0n) is 17.0. The number of para-hydroxylation sites is 1. The molecule has 0 aromatic heterocycles. The molecule has 3 N–H and O–H groups in total. The van der Waals surface area contributed by atoms with Crippen LogP contribution in [0.4, 0.5) is 17.1 Å². The minimum absolute atomic E-state index is 0.0511. The highest BCUT2D eigenvalue weighted by molar-refractivity contribution is 5.99. The molecule has 7 heteroatoms. The first-order valence-corrected chi connectivity index (χ1v) is 9.43. The van der Waals surface area contributed by atoms with Gasteiger partial charge in [-0.15, -0.1) is 0 Å². The van der Waals surface area contributed by atoms with Crippen molar-refractivity contribution < 1.29 is 9.90 Å². The number of hydrogen-bond donors (Lipinski definition) is 3. The number of carbonyl (C=O) groups is 1. The SMILES string of the molecule is CC=CC(Nc1c(Nc2cccc(C(=O)N(C)C)c2O)c(=O)c1=O)c1ccccc1. The number of amides is 1. The molecule has 3 aromatic carbocycles. The smallest absolute Gasteiger partial charge is 0.257 e. The fourth-order valence-electron chi connectivity index (χ4n) is 3.09. The highest BCUT2D eigenvalue weighted by Crippen LogP contribution is 2.33. The van der Waals surface area contributed by atoms with E-state index in [2.05, 4.69) is 10.6 Å². The molecule has 0 fully saturated rings. The van der Waals surface area contributed by atoms with E-state index in [9.17, 15) is 19.5 Å². The average molecular weight is 405 g/mol. The van der Waals surface area contributed by atoms with Gasteiger partial charge in [-0.2, -0.15) is 0 Å². The molecule has 0 saturated carbocycles. The molecule has 1 amide bonds. The summed E-state index contributed by atoms with van der Waals surface area (Å²) in [5.41, 5.74) is 0.0489. The van der Waals surface area contributed by atoms with Gasteiger partial charge in [0.25, 0.3) is 16.8 Å². The Kier molecular flexibility index (Phi) is 6.01. The number of anilines is 3. The number of nitrogens with zero attached hydrogens (tertiary/aromatic N) is 1. The third-order valence-corrected chi connectivity index (χ3v) is 4.69. The Labute approximate surface area is 174 Å². The van der Waals surface area contributed by atoms with Gasteiger partial charge in [-0.1, -0.05) is 48.6 Å². The maximum atomic E-state index is 12.2. The van der Waals surface area contributed by atoms with Crippen LogP contribution < -0.4 is 21.5 Å². The molecule has 0 aliphatic rings. The summed E-state index contributed by atoms with van der Waals surface area (Å²) in [5, 5.41) is 16.4. The van der Waals surface area contributed by atoms with E-state index in [1.165, 1.54) is 17.0 Å². The van der Waals surface area contributed by atoms with Crippen LogP contribution in [0, 0.1) is 0 Å². The molecule has 0 spiro atoms. The van der Waals surface area contributed by atoms with Gasteiger partial charge < -0.3 is 20.6 Å². The number of phenolic OH excluding ortho intramolecular Hbond substituents is 1. The molecule has 30 heavy (non-hydrogen) atoms. The van der Waals surface area contributed by atoms with Crippen molar-refractivity contribution in [2.45, 2.75) is 13.0 Å². The molecule has 0 radical (unpaired) electrons. The molecular weight excluding hydrogens is 382 g/mol. The second-order valence-corrected chi connectivity index (χ2v) is 6.99. The van der Waals surface area contributed by atoms with Gasteiger partial charge in [0, 0.05) is 14.1 Å². The topological polar surface area (TPSA) is 98.7 Å². The van der Waals surface area contributed by atoms with Crippen molar-refractivity contribution in [3.63, 3.8) is 0 Å². The summed E-state index contributed by atoms with van der Waals surface area (Å²) < 4.78 is 0. The summed E-state index contributed by atoms with van der Waals surface area (Å²) >= 11 is 0. The summed E-state index contributed by atoms with van der Waals surface area (Å²) in [5.74, 6) is -0.667. The van der Waals surface area contributed by atoms with E-state index in [4.69, 9.17) is 0 Å². The monoisotopic (exact) mass is 405 g/mol. The molecule has 1 atom stereocenters. The summed E-state index contributed by atoms with van der Waals surface area (Å²) in [6, 6.07) is 13.8. The van der Waals surface area contributed by atoms with Crippen LogP contribution in [0.2, 0.25) is 0 Å². The second kappa shape index (κ2) is 8.65. The fourth-order valence-corrected chi connectivity index (χ4v) is 3.09. The number of allylic oxidation sites excluding steroid dienone is 1. The Morgan fingerprint density at radius 3 is 2.30 bits per heavy atom. The van der Waals surface area contributed by atoms with Crippen molar-refractivity contribution in [2.75, 3.05) is 24.7 Å². The minimum Gasteiger partial charge on any atom is -0.505 e. The van der Waals surface area contributed by atoms with Gasteiger partial charge in [-0.25, -0.2) is 0 Å². The van der Waals surface area contributed by atoms with Gasteiger partial charge in [0.05, 0.1) is 17.3 Å². The summed E-state index contributed by atoms with van der Waals surface area (Å²) in [6.45, 7) is 1.87. The summed E-state index contributed by atoms with van der Waals surface area (Å²) in [4.78, 5) is 38.0. The Hall–Kier alpha value is -3.87. The first kappa shape index (κ1) is 20.9. The average Bonchev–Trinajstić information content (AvgIpc) is 2.76. The Bertz CT molecular complexity index is 1160. The predicted octanol–water partition coefficient (Wildman–Crippen LogP) is 3.16. The largest absolute Gasteiger partial charge is 0.505 e. The lowest BCUT2D eigenvalue weighted by molar-refractivity contribution is 0.0824. The van der Waals surface area contributed by atoms with E-state index < -0.39 is 10.9 Å². The lowest BCUT2D eigenvalue weighted by Gasteiger charge is -2.21. The van der Waals surface area contributed by atoms with E-state index in [0.29, 0.717) is 0 Å². The molecular formula is C23H23N3O4. The molecule has 0 aliphatic heterocycles. The van der Waals surface area contributed by atoms with Crippen molar-refractivity contribution in [2.24, 2.45) is 0 Å². The Balaban J connectivity index is 1.93. The molecule has 3 aromatic rings. The number of nitrogens with one attached hydrogen (secondary N) is 2. The molecule has 0 aliphatic carbocycles. The summed E-state index contributed by atoms with van der Waals surface area (Å²) in [7, 11) is 3.15. The van der Waals surface area contributed by atoms with Crippen LogP contribution in [0.15, 0.2) is 70.3 Å². The van der Waals surface area contributed by atoms with Crippen LogP contribution in [-0.4, -0.2) is 30.0 Å². The predicted molar refractivity (Wildman–Crippen MR) is 118 cm³/mol. The first-order valence-electron chi connectivity index (χ1n) is 9.43. The quantitative estimate of drug-likeness (QED) is 0.317. The molecule has 154 valence electrons. The van der Waals surface area contributed by atoms with Gasteiger partial charge in [0.1, 0.15) is 11.4 Å². The van der Waals surface area contributed by atoms with E-state index in [1.807, 2.05) is 49.4 Å². The minimum atomic E-state index is -0.687. The maximum Gasteiger partial charge on any atom is 0.257 e. The van der Waals surface area contributed by atoms with Crippen LogP contribution in [0.25, 0.3) is 0 Å². The zero-order valence-corrected chi connectivity index (χ0v) is 17.0. The van der Waals surface area contributed by atoms with E-state index in [-0.39, 0.29) is 40.3 Å². The number of rotatable bonds is 7. The third-order valence-electron chi connectivity index (χ3n) is 4.69. The fraction of sp³-hybridized carbons (Fsp3) is 0.174. The maximum absolute atomic E-state index is 12.2. The molecule has 7 nitrogen and oxygen atoms in total. The standard InChI is InChI=1S/C23H23N3O4/c1-4-9-16(14-10-6-5-7-11-14)24-18-19(22(29)21(18)28)25-17-13-8-12-15(20(17)27)23(30)26(2)3/h4-13,16,24-25,27H,1-3H3. The van der Waals surface area contributed by atoms with E-state index in [0.717, 1.165) is 5.56 Å². The normalized spacial score (nSPS) is 12.1. The molecule has 1 unspecified atom stereocenters. The van der Waals surface area contributed by atoms with Gasteiger partial charge in [0.2, 0.25) is 0 Å². The molecule has 0 bridgehead atoms. The second-order valence-electron chi connectivity index (χ2n) is 6.99. The summed E-state index contributed by atoms with van der Waals surface area (Å²) in [6.07, 6.45) is 3.73. The molecule has 0 saturated heterocycles. The van der Waals surface area contributed by atoms with Crippen LogP contribution in [0.3, 0.4) is 0 Å². The number of aromatic hydroxyl groups is 1. The van der Waals surface area contributed by atoms with Gasteiger partial charge in [0.15, 0.2) is 5.75 Å². The van der Waals surface area contributed by atoms with Gasteiger partial charge in [-0.3, -0.25) is 14.4 Å². The number of phenols is 1. The first-order chi connectivity index (χ1) is 14.3. The van der Waals surface area contributed by atoms with Gasteiger partial charge >= 0.3 is 0 Å². The van der Waals surface area contributed by atoms with E-state index in [1.54, 1.807) is 20.2 Å². The highest BCUT2D eigenvalue weighted by atomic mass is 16.3. The van der Waals surface area contributed by atoms with Crippen LogP contribution in [-0.2, 0) is 0 Å². The van der Waals surface area contributed by atoms with Crippen molar-refractivity contribution in [1.82, 2.24) is 4.90 Å². The van der Waals surface area contributed by atoms with Crippen molar-refractivity contribution in [3.05, 3.63) is 92.3 Å². The Morgan fingerprint density at radius 2 is 1.67 bits per heavy atom. The molecule has 0 heterocycles. The van der Waals surface area contributed by atoms with Gasteiger partial charge in [-0.05, 0) is 24.6 Å². The van der Waals surface area contributed by atoms with Crippen LogP contribution in [0.5, 0.6) is 5.75 Å². The van der Waals surface area contributed by atoms with Crippen molar-refractivity contribution >= 4 is 23.0 Å². The third kappa shape index (κ3) is 3.96. The zero-order chi connectivity index (χ0) is 21.8. The van der Waals surface area contributed by atoms with Crippen molar-refractivity contribution in [3.8, 4) is 5.75 Å². The lowest BCUT2D eigenvalue weighted by Crippen LogP contribution is -2.37. The van der Waals surface area contributed by atoms with Crippen molar-refractivity contribution in [1.29, 1.82) is 0 Å². The lowest BCUT2D eigenvalue weighted by atomic mass is 10.0.